The maximum Gasteiger partial charge on any atom is 0.309 e. The zero-order valence-electron chi connectivity index (χ0n) is 18.2. The highest BCUT2D eigenvalue weighted by Crippen LogP contribution is 2.25. The van der Waals surface area contributed by atoms with Gasteiger partial charge in [0, 0.05) is 13.1 Å². The lowest BCUT2D eigenvalue weighted by Gasteiger charge is -2.30. The predicted octanol–water partition coefficient (Wildman–Crippen LogP) is 3.20. The number of aryl methyl sites for hydroxylation is 1. The third-order valence-electron chi connectivity index (χ3n) is 5.79. The normalized spacial score (nSPS) is 15.2. The number of benzene rings is 2. The number of nitriles is 1. The Morgan fingerprint density at radius 1 is 1.09 bits per heavy atom. The Morgan fingerprint density at radius 2 is 1.70 bits per heavy atom. The van der Waals surface area contributed by atoms with Gasteiger partial charge < -0.3 is 4.74 Å². The molecule has 8 nitrogen and oxygen atoms in total. The summed E-state index contributed by atoms with van der Waals surface area (Å²) < 4.78 is 34.2. The van der Waals surface area contributed by atoms with Crippen molar-refractivity contribution >= 4 is 16.0 Å². The summed E-state index contributed by atoms with van der Waals surface area (Å²) in [6, 6.07) is 19.8. The molecule has 1 aromatic heterocycles. The fourth-order valence-corrected chi connectivity index (χ4v) is 5.46. The van der Waals surface area contributed by atoms with Crippen molar-refractivity contribution in [2.45, 2.75) is 31.3 Å². The van der Waals surface area contributed by atoms with Crippen molar-refractivity contribution in [1.29, 1.82) is 5.26 Å². The lowest BCUT2D eigenvalue weighted by atomic mass is 9.98. The van der Waals surface area contributed by atoms with Crippen LogP contribution in [0.3, 0.4) is 0 Å². The molecule has 2 aromatic carbocycles. The molecule has 33 heavy (non-hydrogen) atoms. The fourth-order valence-electron chi connectivity index (χ4n) is 3.97. The monoisotopic (exact) mass is 464 g/mol. The summed E-state index contributed by atoms with van der Waals surface area (Å²) in [5.74, 6) is -0.791. The molecule has 0 radical (unpaired) electrons. The molecule has 0 unspecified atom stereocenters. The second kappa shape index (κ2) is 9.57. The quantitative estimate of drug-likeness (QED) is 0.519. The molecule has 9 heteroatoms. The summed E-state index contributed by atoms with van der Waals surface area (Å²) in [7, 11) is -3.58. The van der Waals surface area contributed by atoms with Crippen LogP contribution in [0.4, 0.5) is 0 Å². The smallest absolute Gasteiger partial charge is 0.309 e. The van der Waals surface area contributed by atoms with Crippen molar-refractivity contribution in [3.05, 3.63) is 77.6 Å². The first-order chi connectivity index (χ1) is 15.9. The van der Waals surface area contributed by atoms with Gasteiger partial charge in [-0.15, -0.1) is 0 Å². The number of hydrogen-bond donors (Lipinski definition) is 0. The number of carbonyl (C=O) groups is 1. The minimum absolute atomic E-state index is 0.0833. The van der Waals surface area contributed by atoms with Gasteiger partial charge in [0.05, 0.1) is 27.9 Å². The number of carbonyl (C=O) groups excluding carboxylic acids is 1. The summed E-state index contributed by atoms with van der Waals surface area (Å²) in [6.45, 7) is 2.16. The molecule has 1 fully saturated rings. The average Bonchev–Trinajstić information content (AvgIpc) is 3.18. The summed E-state index contributed by atoms with van der Waals surface area (Å²) in [4.78, 5) is 13.0. The molecular weight excluding hydrogens is 440 g/mol. The van der Waals surface area contributed by atoms with Crippen molar-refractivity contribution in [3.8, 4) is 11.8 Å². The summed E-state index contributed by atoms with van der Waals surface area (Å²) >= 11 is 0. The van der Waals surface area contributed by atoms with Crippen LogP contribution in [0.1, 0.15) is 29.8 Å². The molecule has 170 valence electrons. The lowest BCUT2D eigenvalue weighted by molar-refractivity contribution is -0.151. The summed E-state index contributed by atoms with van der Waals surface area (Å²) in [6.07, 6.45) is 0.764. The van der Waals surface area contributed by atoms with Gasteiger partial charge in [-0.1, -0.05) is 36.4 Å². The van der Waals surface area contributed by atoms with Crippen LogP contribution in [0, 0.1) is 24.2 Å². The van der Waals surface area contributed by atoms with Gasteiger partial charge in [-0.25, -0.2) is 13.1 Å². The van der Waals surface area contributed by atoms with E-state index in [1.165, 1.54) is 4.31 Å². The van der Waals surface area contributed by atoms with Crippen molar-refractivity contribution < 1.29 is 17.9 Å². The van der Waals surface area contributed by atoms with Gasteiger partial charge in [-0.3, -0.25) is 4.79 Å². The minimum atomic E-state index is -3.58. The second-order valence-corrected chi connectivity index (χ2v) is 9.80. The van der Waals surface area contributed by atoms with Crippen LogP contribution in [0.5, 0.6) is 0 Å². The largest absolute Gasteiger partial charge is 0.459 e. The van der Waals surface area contributed by atoms with Crippen LogP contribution in [-0.4, -0.2) is 41.6 Å². The maximum atomic E-state index is 12.8. The topological polar surface area (TPSA) is 105 Å². The van der Waals surface area contributed by atoms with Crippen LogP contribution in [0.25, 0.3) is 5.69 Å². The highest BCUT2D eigenvalue weighted by molar-refractivity contribution is 7.89. The molecule has 2 heterocycles. The van der Waals surface area contributed by atoms with Gasteiger partial charge in [-0.2, -0.15) is 14.7 Å². The van der Waals surface area contributed by atoms with E-state index in [0.29, 0.717) is 29.8 Å². The van der Waals surface area contributed by atoms with E-state index in [-0.39, 0.29) is 24.6 Å². The van der Waals surface area contributed by atoms with E-state index in [2.05, 4.69) is 11.2 Å². The Kier molecular flexibility index (Phi) is 6.58. The van der Waals surface area contributed by atoms with Gasteiger partial charge in [-0.05, 0) is 44.0 Å². The first-order valence-corrected chi connectivity index (χ1v) is 12.1. The Bertz CT molecular complexity index is 1270. The Labute approximate surface area is 193 Å². The molecule has 3 aromatic rings. The van der Waals surface area contributed by atoms with Gasteiger partial charge in [0.25, 0.3) is 0 Å². The van der Waals surface area contributed by atoms with Crippen LogP contribution in [0.2, 0.25) is 0 Å². The van der Waals surface area contributed by atoms with Crippen molar-refractivity contribution in [2.24, 2.45) is 5.92 Å². The molecule has 0 N–H and O–H groups in total. The molecule has 0 amide bonds. The third-order valence-corrected chi connectivity index (χ3v) is 7.70. The van der Waals surface area contributed by atoms with E-state index >= 15 is 0 Å². The van der Waals surface area contributed by atoms with E-state index in [4.69, 9.17) is 4.74 Å². The van der Waals surface area contributed by atoms with Gasteiger partial charge >= 0.3 is 5.97 Å². The minimum Gasteiger partial charge on any atom is -0.459 e. The first kappa shape index (κ1) is 22.7. The fraction of sp³-hybridized carbons (Fsp3) is 0.292. The van der Waals surface area contributed by atoms with Crippen LogP contribution >= 0.6 is 0 Å². The van der Waals surface area contributed by atoms with Crippen LogP contribution in [0.15, 0.2) is 65.6 Å². The lowest BCUT2D eigenvalue weighted by Crippen LogP contribution is -2.40. The predicted molar refractivity (Wildman–Crippen MR) is 121 cm³/mol. The number of esters is 1. The number of rotatable bonds is 6. The summed E-state index contributed by atoms with van der Waals surface area (Å²) in [5, 5.41) is 14.0. The van der Waals surface area contributed by atoms with Crippen LogP contribution in [-0.2, 0) is 26.2 Å². The molecule has 0 spiro atoms. The molecule has 4 rings (SSSR count). The van der Waals surface area contributed by atoms with Crippen molar-refractivity contribution in [2.75, 3.05) is 13.1 Å². The van der Waals surface area contributed by atoms with E-state index in [1.807, 2.05) is 30.3 Å². The molecule has 1 saturated heterocycles. The first-order valence-electron chi connectivity index (χ1n) is 10.7. The third kappa shape index (κ3) is 4.67. The number of aromatic nitrogens is 2. The standard InChI is InChI=1S/C24H24N4O4S/c1-18-22(16-25)23(28(26-18)20-8-4-2-5-9-20)17-32-24(29)19-12-14-27(15-13-19)33(30,31)21-10-6-3-7-11-21/h2-11,19H,12-15,17H2,1H3. The molecule has 0 bridgehead atoms. The second-order valence-electron chi connectivity index (χ2n) is 7.87. The number of para-hydroxylation sites is 1. The SMILES string of the molecule is Cc1nn(-c2ccccc2)c(COC(=O)C2CCN(S(=O)(=O)c3ccccc3)CC2)c1C#N. The molecule has 0 aliphatic carbocycles. The molecule has 1 aliphatic heterocycles. The highest BCUT2D eigenvalue weighted by Gasteiger charge is 2.33. The van der Waals surface area contributed by atoms with E-state index < -0.39 is 21.9 Å². The summed E-state index contributed by atoms with van der Waals surface area (Å²) in [5.41, 5.74) is 2.23. The highest BCUT2D eigenvalue weighted by atomic mass is 32.2. The van der Waals surface area contributed by atoms with Crippen molar-refractivity contribution in [1.82, 2.24) is 14.1 Å². The molecule has 0 saturated carbocycles. The maximum absolute atomic E-state index is 12.8. The van der Waals surface area contributed by atoms with Gasteiger partial charge in [0.1, 0.15) is 18.2 Å². The molecule has 1 aliphatic rings. The van der Waals surface area contributed by atoms with Crippen molar-refractivity contribution in [3.63, 3.8) is 0 Å². The van der Waals surface area contributed by atoms with Gasteiger partial charge in [0.15, 0.2) is 0 Å². The molecule has 0 atom stereocenters. The molecular formula is C24H24N4O4S. The number of nitrogens with zero attached hydrogens (tertiary/aromatic N) is 4. The zero-order chi connectivity index (χ0) is 23.4. The number of sulfonamides is 1. The Morgan fingerprint density at radius 3 is 2.30 bits per heavy atom. The Balaban J connectivity index is 1.42. The number of piperidine rings is 1. The van der Waals surface area contributed by atoms with Crippen LogP contribution < -0.4 is 0 Å². The number of hydrogen-bond acceptors (Lipinski definition) is 6. The average molecular weight is 465 g/mol. The Hall–Kier alpha value is -3.48. The zero-order valence-corrected chi connectivity index (χ0v) is 19.0. The van der Waals surface area contributed by atoms with E-state index in [0.717, 1.165) is 5.69 Å². The van der Waals surface area contributed by atoms with E-state index in [1.54, 1.807) is 41.9 Å². The number of ether oxygens (including phenoxy) is 1. The van der Waals surface area contributed by atoms with Gasteiger partial charge in [0.2, 0.25) is 10.0 Å². The van der Waals surface area contributed by atoms with E-state index in [9.17, 15) is 18.5 Å².